The van der Waals surface area contributed by atoms with E-state index in [0.717, 1.165) is 8.66 Å². The largest absolute Gasteiger partial charge is 0.481 e. The van der Waals surface area contributed by atoms with Crippen molar-refractivity contribution in [2.24, 2.45) is 5.92 Å². The molecule has 1 aromatic rings. The molecule has 0 saturated carbocycles. The number of aliphatic carboxylic acids is 1. The molecule has 0 bridgehead atoms. The summed E-state index contributed by atoms with van der Waals surface area (Å²) in [4.78, 5) is 23.4. The molecule has 1 aromatic heterocycles. The van der Waals surface area contributed by atoms with Gasteiger partial charge in [-0.2, -0.15) is 0 Å². The highest BCUT2D eigenvalue weighted by Crippen LogP contribution is 2.28. The highest BCUT2D eigenvalue weighted by atomic mass is 79.9. The van der Waals surface area contributed by atoms with Crippen LogP contribution in [-0.4, -0.2) is 23.5 Å². The second kappa shape index (κ2) is 6.89. The van der Waals surface area contributed by atoms with Gasteiger partial charge in [-0.25, -0.2) is 0 Å². The fourth-order valence-electron chi connectivity index (χ4n) is 1.49. The maximum atomic E-state index is 11.9. The first-order valence-electron chi connectivity index (χ1n) is 5.65. The lowest BCUT2D eigenvalue weighted by Gasteiger charge is -2.13. The number of thiophene rings is 1. The Bertz CT molecular complexity index is 433. The van der Waals surface area contributed by atoms with Gasteiger partial charge in [-0.05, 0) is 40.9 Å². The minimum Gasteiger partial charge on any atom is -0.481 e. The first-order chi connectivity index (χ1) is 8.40. The van der Waals surface area contributed by atoms with Gasteiger partial charge in [-0.1, -0.05) is 6.92 Å². The predicted molar refractivity (Wildman–Crippen MR) is 74.9 cm³/mol. The smallest absolute Gasteiger partial charge is 0.303 e. The van der Waals surface area contributed by atoms with Crippen molar-refractivity contribution in [2.75, 3.05) is 6.54 Å². The molecule has 0 aliphatic heterocycles. The van der Waals surface area contributed by atoms with Crippen LogP contribution < -0.4 is 5.32 Å². The summed E-state index contributed by atoms with van der Waals surface area (Å²) in [6.45, 7) is 4.04. The van der Waals surface area contributed by atoms with Crippen molar-refractivity contribution in [3.05, 3.63) is 20.8 Å². The summed E-state index contributed by atoms with van der Waals surface area (Å²) in [5.41, 5.74) is 0. The van der Waals surface area contributed by atoms with Crippen LogP contribution in [0.15, 0.2) is 15.9 Å². The van der Waals surface area contributed by atoms with Crippen molar-refractivity contribution in [3.8, 4) is 0 Å². The van der Waals surface area contributed by atoms with Gasteiger partial charge in [-0.15, -0.1) is 11.3 Å². The number of rotatable bonds is 6. The first-order valence-corrected chi connectivity index (χ1v) is 7.25. The van der Waals surface area contributed by atoms with Gasteiger partial charge in [-0.3, -0.25) is 9.59 Å². The van der Waals surface area contributed by atoms with Crippen molar-refractivity contribution in [3.63, 3.8) is 0 Å². The Kier molecular flexibility index (Phi) is 5.81. The maximum Gasteiger partial charge on any atom is 0.303 e. The van der Waals surface area contributed by atoms with E-state index in [9.17, 15) is 9.59 Å². The van der Waals surface area contributed by atoms with E-state index in [0.29, 0.717) is 6.54 Å². The van der Waals surface area contributed by atoms with E-state index in [1.165, 1.54) is 11.3 Å². The van der Waals surface area contributed by atoms with Gasteiger partial charge < -0.3 is 10.4 Å². The Morgan fingerprint density at radius 2 is 2.11 bits per heavy atom. The standard InChI is InChI=1S/C12H16BrNO3S/c1-7(5-11(15)16)6-14-12(17)8(2)9-3-4-10(13)18-9/h3-4,7-8H,5-6H2,1-2H3,(H,14,17)(H,15,16). The topological polar surface area (TPSA) is 66.4 Å². The summed E-state index contributed by atoms with van der Waals surface area (Å²) in [5.74, 6) is -1.18. The van der Waals surface area contributed by atoms with E-state index in [1.807, 2.05) is 19.1 Å². The van der Waals surface area contributed by atoms with Gasteiger partial charge in [0.2, 0.25) is 5.91 Å². The zero-order chi connectivity index (χ0) is 13.7. The monoisotopic (exact) mass is 333 g/mol. The lowest BCUT2D eigenvalue weighted by Crippen LogP contribution is -2.32. The van der Waals surface area contributed by atoms with Gasteiger partial charge >= 0.3 is 5.97 Å². The molecule has 0 aliphatic rings. The number of nitrogens with one attached hydrogen (secondary N) is 1. The minimum absolute atomic E-state index is 0.0614. The van der Waals surface area contributed by atoms with E-state index < -0.39 is 5.97 Å². The van der Waals surface area contributed by atoms with Crippen LogP contribution in [0.5, 0.6) is 0 Å². The predicted octanol–water partition coefficient (Wildman–Crippen LogP) is 2.84. The highest BCUT2D eigenvalue weighted by Gasteiger charge is 2.18. The molecule has 6 heteroatoms. The summed E-state index contributed by atoms with van der Waals surface area (Å²) in [5, 5.41) is 11.4. The van der Waals surface area contributed by atoms with Crippen molar-refractivity contribution >= 4 is 39.1 Å². The second-order valence-corrected chi connectivity index (χ2v) is 6.81. The molecule has 2 atom stereocenters. The molecule has 1 heterocycles. The Balaban J connectivity index is 2.43. The lowest BCUT2D eigenvalue weighted by atomic mass is 10.1. The molecule has 0 aromatic carbocycles. The number of carboxylic acids is 1. The summed E-state index contributed by atoms with van der Waals surface area (Å²) in [6, 6.07) is 3.83. The van der Waals surface area contributed by atoms with Crippen LogP contribution >= 0.6 is 27.3 Å². The molecular formula is C12H16BrNO3S. The van der Waals surface area contributed by atoms with Crippen molar-refractivity contribution < 1.29 is 14.7 Å². The Morgan fingerprint density at radius 3 is 2.61 bits per heavy atom. The average Bonchev–Trinajstić information content (AvgIpc) is 2.70. The van der Waals surface area contributed by atoms with Gasteiger partial charge in [0.1, 0.15) is 0 Å². The molecule has 1 amide bonds. The van der Waals surface area contributed by atoms with Crippen LogP contribution in [0.3, 0.4) is 0 Å². The van der Waals surface area contributed by atoms with E-state index in [1.54, 1.807) is 6.92 Å². The van der Waals surface area contributed by atoms with Crippen LogP contribution in [-0.2, 0) is 9.59 Å². The summed E-state index contributed by atoms with van der Waals surface area (Å²) in [7, 11) is 0. The van der Waals surface area contributed by atoms with Crippen LogP contribution in [0.25, 0.3) is 0 Å². The Hall–Kier alpha value is -0.880. The molecule has 0 spiro atoms. The maximum absolute atomic E-state index is 11.9. The quantitative estimate of drug-likeness (QED) is 0.841. The van der Waals surface area contributed by atoms with E-state index in [2.05, 4.69) is 21.2 Å². The van der Waals surface area contributed by atoms with Crippen LogP contribution in [0, 0.1) is 5.92 Å². The fourth-order valence-corrected chi connectivity index (χ4v) is 2.96. The first kappa shape index (κ1) is 15.2. The molecule has 0 saturated heterocycles. The number of carbonyl (C=O) groups excluding carboxylic acids is 1. The molecule has 1 rings (SSSR count). The third kappa shape index (κ3) is 4.78. The Labute approximate surface area is 119 Å². The number of hydrogen-bond donors (Lipinski definition) is 2. The van der Waals surface area contributed by atoms with Gasteiger partial charge in [0.25, 0.3) is 0 Å². The van der Waals surface area contributed by atoms with Crippen molar-refractivity contribution in [1.82, 2.24) is 5.32 Å². The molecular weight excluding hydrogens is 318 g/mol. The molecule has 0 aliphatic carbocycles. The normalized spacial score (nSPS) is 13.9. The van der Waals surface area contributed by atoms with Crippen molar-refractivity contribution in [2.45, 2.75) is 26.2 Å². The molecule has 0 radical (unpaired) electrons. The van der Waals surface area contributed by atoms with Gasteiger partial charge in [0.15, 0.2) is 0 Å². The van der Waals surface area contributed by atoms with Crippen molar-refractivity contribution in [1.29, 1.82) is 0 Å². The number of amides is 1. The molecule has 4 nitrogen and oxygen atoms in total. The van der Waals surface area contributed by atoms with Gasteiger partial charge in [0.05, 0.1) is 9.70 Å². The number of halogens is 1. The summed E-state index contributed by atoms with van der Waals surface area (Å²) >= 11 is 4.89. The Morgan fingerprint density at radius 1 is 1.44 bits per heavy atom. The third-order valence-corrected chi connectivity index (χ3v) is 4.37. The molecule has 18 heavy (non-hydrogen) atoms. The zero-order valence-electron chi connectivity index (χ0n) is 10.3. The van der Waals surface area contributed by atoms with E-state index in [-0.39, 0.29) is 24.2 Å². The van der Waals surface area contributed by atoms with Crippen LogP contribution in [0.4, 0.5) is 0 Å². The summed E-state index contributed by atoms with van der Waals surface area (Å²) in [6.07, 6.45) is 0.0687. The third-order valence-electron chi connectivity index (χ3n) is 2.56. The summed E-state index contributed by atoms with van der Waals surface area (Å²) < 4.78 is 0.997. The second-order valence-electron chi connectivity index (χ2n) is 4.31. The van der Waals surface area contributed by atoms with Crippen LogP contribution in [0.1, 0.15) is 31.1 Å². The lowest BCUT2D eigenvalue weighted by molar-refractivity contribution is -0.138. The average molecular weight is 334 g/mol. The SMILES string of the molecule is CC(CNC(=O)C(C)c1ccc(Br)s1)CC(=O)O. The van der Waals surface area contributed by atoms with Gasteiger partial charge in [0, 0.05) is 17.8 Å². The molecule has 0 fully saturated rings. The van der Waals surface area contributed by atoms with E-state index in [4.69, 9.17) is 5.11 Å². The highest BCUT2D eigenvalue weighted by molar-refractivity contribution is 9.11. The molecule has 100 valence electrons. The number of carbonyl (C=O) groups is 2. The number of hydrogen-bond acceptors (Lipinski definition) is 3. The zero-order valence-corrected chi connectivity index (χ0v) is 12.7. The molecule has 2 unspecified atom stereocenters. The number of carboxylic acid groups (broad SMARTS) is 1. The fraction of sp³-hybridized carbons (Fsp3) is 0.500. The van der Waals surface area contributed by atoms with E-state index >= 15 is 0 Å². The molecule has 2 N–H and O–H groups in total. The van der Waals surface area contributed by atoms with Crippen LogP contribution in [0.2, 0.25) is 0 Å². The minimum atomic E-state index is -0.841.